The van der Waals surface area contributed by atoms with Crippen LogP contribution >= 0.6 is 15.7 Å². The van der Waals surface area contributed by atoms with E-state index in [1.54, 1.807) is 7.05 Å². The van der Waals surface area contributed by atoms with E-state index in [0.29, 0.717) is 21.3 Å². The largest absolute Gasteiger partial charge is 0.328 e. The maximum Gasteiger partial charge on any atom is 0.328 e. The van der Waals surface area contributed by atoms with Gasteiger partial charge in [0.25, 0.3) is 0 Å². The molecule has 0 aliphatic carbocycles. The van der Waals surface area contributed by atoms with E-state index in [0.717, 1.165) is 0 Å². The lowest BCUT2D eigenvalue weighted by atomic mass is 10.5. The number of amides is 3. The van der Waals surface area contributed by atoms with E-state index in [2.05, 4.69) is 23.2 Å². The van der Waals surface area contributed by atoms with Gasteiger partial charge in [0.15, 0.2) is 0 Å². The number of rotatable bonds is 5. The molecule has 1 aliphatic rings. The first-order valence-electron chi connectivity index (χ1n) is 4.80. The summed E-state index contributed by atoms with van der Waals surface area (Å²) in [6.07, 6.45) is 7.63. The smallest absolute Gasteiger partial charge is 0.318 e. The molecule has 0 aromatic heterocycles. The van der Waals surface area contributed by atoms with E-state index in [4.69, 9.17) is 0 Å². The molecule has 0 aromatic carbocycles. The molecule has 0 bridgehead atoms. The third-order valence-corrected chi connectivity index (χ3v) is 6.05. The van der Waals surface area contributed by atoms with Crippen molar-refractivity contribution in [3.05, 3.63) is 0 Å². The van der Waals surface area contributed by atoms with Crippen LogP contribution in [0.5, 0.6) is 0 Å². The first-order chi connectivity index (χ1) is 7.49. The van der Waals surface area contributed by atoms with Crippen LogP contribution in [0.2, 0.25) is 0 Å². The topological polar surface area (TPSA) is 61.4 Å². The van der Waals surface area contributed by atoms with Crippen LogP contribution in [0.15, 0.2) is 0 Å². The Labute approximate surface area is 97.8 Å². The molecule has 1 fully saturated rings. The molecule has 0 saturated carbocycles. The zero-order valence-corrected chi connectivity index (χ0v) is 11.3. The Bertz CT molecular complexity index is 359. The summed E-state index contributed by atoms with van der Waals surface area (Å²) >= 11 is 0. The number of urea groups is 1. The molecule has 2 unspecified atom stereocenters. The second-order valence-electron chi connectivity index (χ2n) is 3.52. The van der Waals surface area contributed by atoms with Crippen LogP contribution in [-0.4, -0.2) is 61.3 Å². The van der Waals surface area contributed by atoms with Gasteiger partial charge < -0.3 is 5.32 Å². The molecule has 0 aromatic rings. The predicted octanol–water partition coefficient (Wildman–Crippen LogP) is 0.333. The van der Waals surface area contributed by atoms with E-state index < -0.39 is 12.6 Å². The first kappa shape index (κ1) is 13.3. The molecule has 1 rings (SSSR count). The number of nitrogens with zero attached hydrogens (tertiary/aromatic N) is 1. The van der Waals surface area contributed by atoms with Gasteiger partial charge >= 0.3 is 17.0 Å². The Kier molecular flexibility index (Phi) is 4.20. The minimum Gasteiger partial charge on any atom is -0.318 e. The number of hydrogen-bond donors (Lipinski definition) is 2. The number of carbonyl (C=O) groups is 2. The van der Waals surface area contributed by atoms with E-state index in [1.807, 2.05) is 6.66 Å². The lowest BCUT2D eigenvalue weighted by molar-refractivity contribution is -0.126. The molecule has 1 aliphatic heterocycles. The maximum absolute atomic E-state index is 12.2. The second kappa shape index (κ2) is 5.05. The Morgan fingerprint density at radius 3 is 2.62 bits per heavy atom. The second-order valence-corrected chi connectivity index (χ2v) is 6.93. The number of nitrogens with one attached hydrogen (secondary N) is 2. The molecular weight excluding hydrogens is 244 g/mol. The van der Waals surface area contributed by atoms with Gasteiger partial charge in [0.05, 0.1) is 13.0 Å². The normalized spacial score (nSPS) is 26.1. The fraction of sp³-hybridized carbons (Fsp3) is 0.556. The summed E-state index contributed by atoms with van der Waals surface area (Å²) in [4.78, 5) is 25.1. The third kappa shape index (κ3) is 2.03. The predicted molar refractivity (Wildman–Crippen MR) is 70.9 cm³/mol. The fourth-order valence-corrected chi connectivity index (χ4v) is 3.59. The lowest BCUT2D eigenvalue weighted by Gasteiger charge is -2.14. The minimum absolute atomic E-state index is 0.201. The maximum atomic E-state index is 12.2. The molecule has 16 heavy (non-hydrogen) atoms. The summed E-state index contributed by atoms with van der Waals surface area (Å²) < 4.78 is 0. The van der Waals surface area contributed by atoms with Gasteiger partial charge in [-0.2, -0.15) is 0 Å². The van der Waals surface area contributed by atoms with Crippen LogP contribution in [0, 0.1) is 0 Å². The molecule has 88 valence electrons. The molecule has 1 saturated heterocycles. The van der Waals surface area contributed by atoms with Gasteiger partial charge in [0, 0.05) is 13.1 Å². The highest BCUT2D eigenvalue weighted by Gasteiger charge is 2.57. The van der Waals surface area contributed by atoms with Gasteiger partial charge in [-0.25, -0.2) is 4.79 Å². The van der Waals surface area contributed by atoms with Crippen molar-refractivity contribution in [3.63, 3.8) is 0 Å². The number of carbonyl (C=O) groups excluding carboxylic acids is 2. The Balaban J connectivity index is 2.96. The molecular formula is C9H16N3O2P2+. The molecule has 1 heterocycles. The molecule has 7 heteroatoms. The van der Waals surface area contributed by atoms with Crippen molar-refractivity contribution in [2.24, 2.45) is 0 Å². The van der Waals surface area contributed by atoms with Gasteiger partial charge in [-0.15, -0.1) is 0 Å². The van der Waals surface area contributed by atoms with Gasteiger partial charge in [0.1, 0.15) is 7.55 Å². The summed E-state index contributed by atoms with van der Waals surface area (Å²) in [6.45, 7) is 2.83. The van der Waals surface area contributed by atoms with Crippen LogP contribution in [0.3, 0.4) is 0 Å². The lowest BCUT2D eigenvalue weighted by Crippen LogP contribution is -2.39. The summed E-state index contributed by atoms with van der Waals surface area (Å²) in [5, 5.41) is 4.75. The van der Waals surface area contributed by atoms with Crippen molar-refractivity contribution in [3.8, 4) is 0 Å². The number of hydrogen-bond acceptors (Lipinski definition) is 3. The van der Waals surface area contributed by atoms with Crippen molar-refractivity contribution in [1.82, 2.24) is 15.5 Å². The molecule has 0 radical (unpaired) electrons. The average Bonchev–Trinajstić information content (AvgIpc) is 2.49. The van der Waals surface area contributed by atoms with Crippen molar-refractivity contribution >= 4 is 40.3 Å². The monoisotopic (exact) mass is 260 g/mol. The van der Waals surface area contributed by atoms with Crippen molar-refractivity contribution in [2.45, 2.75) is 5.02 Å². The van der Waals surface area contributed by atoms with Gasteiger partial charge in [-0.3, -0.25) is 15.0 Å². The van der Waals surface area contributed by atoms with Crippen LogP contribution < -0.4 is 10.6 Å². The highest BCUT2D eigenvalue weighted by molar-refractivity contribution is 7.69. The van der Waals surface area contributed by atoms with E-state index >= 15 is 0 Å². The summed E-state index contributed by atoms with van der Waals surface area (Å²) in [6, 6.07) is -0.339. The van der Waals surface area contributed by atoms with Crippen LogP contribution in [0.25, 0.3) is 0 Å². The zero-order chi connectivity index (χ0) is 12.3. The third-order valence-electron chi connectivity index (χ3n) is 2.44. The molecule has 2 atom stereocenters. The van der Waals surface area contributed by atoms with Crippen LogP contribution in [0.4, 0.5) is 4.79 Å². The Morgan fingerprint density at radius 2 is 2.25 bits per heavy atom. The molecule has 0 spiro atoms. The molecule has 3 amide bonds. The summed E-state index contributed by atoms with van der Waals surface area (Å²) in [7, 11) is 1.52. The number of likely N-dealkylation sites (N-methyl/N-ethyl adjacent to an activating group) is 1. The highest BCUT2D eigenvalue weighted by Crippen LogP contribution is 2.45. The molecule has 5 nitrogen and oxygen atoms in total. The van der Waals surface area contributed by atoms with Crippen molar-refractivity contribution in [1.29, 1.82) is 0 Å². The van der Waals surface area contributed by atoms with Gasteiger partial charge in [0.2, 0.25) is 0 Å². The summed E-state index contributed by atoms with van der Waals surface area (Å²) in [5.74, 6) is -0.201. The minimum atomic E-state index is -0.889. The molecule has 2 N–H and O–H groups in total. The SMILES string of the molecule is C=PC1([P+](=C)C)NC(=O)N(CCNC)C1=O. The fourth-order valence-electron chi connectivity index (χ4n) is 1.46. The quantitative estimate of drug-likeness (QED) is 0.553. The Morgan fingerprint density at radius 1 is 1.62 bits per heavy atom. The Hall–Kier alpha value is -0.760. The average molecular weight is 260 g/mol. The van der Waals surface area contributed by atoms with Gasteiger partial charge in [-0.1, -0.05) is 6.30 Å². The zero-order valence-electron chi connectivity index (χ0n) is 9.49. The highest BCUT2D eigenvalue weighted by atomic mass is 31.1. The van der Waals surface area contributed by atoms with Gasteiger partial charge in [-0.05, 0) is 15.3 Å². The number of imide groups is 1. The summed E-state index contributed by atoms with van der Waals surface area (Å²) in [5.41, 5.74) is 0. The van der Waals surface area contributed by atoms with Crippen molar-refractivity contribution in [2.75, 3.05) is 26.8 Å². The van der Waals surface area contributed by atoms with E-state index in [-0.39, 0.29) is 11.9 Å². The van der Waals surface area contributed by atoms with E-state index in [1.165, 1.54) is 4.90 Å². The van der Waals surface area contributed by atoms with Crippen LogP contribution in [-0.2, 0) is 4.79 Å². The first-order valence-corrected chi connectivity index (χ1v) is 7.86. The van der Waals surface area contributed by atoms with Crippen LogP contribution in [0.1, 0.15) is 0 Å². The van der Waals surface area contributed by atoms with E-state index in [9.17, 15) is 9.59 Å². The standard InChI is InChI=1S/C9H15N3O2P2/c1-10-5-6-12-7(13)9(15-2,16(3)4)11-8(12)14/h10H,2-3,5-6H2,1,4H3/p+1. The van der Waals surface area contributed by atoms with Crippen molar-refractivity contribution < 1.29 is 9.59 Å².